The summed E-state index contributed by atoms with van der Waals surface area (Å²) in [6.45, 7) is 1.24. The molecule has 2 fully saturated rings. The molecule has 0 radical (unpaired) electrons. The minimum absolute atomic E-state index is 0.0582. The summed E-state index contributed by atoms with van der Waals surface area (Å²) in [5.41, 5.74) is 0. The van der Waals surface area contributed by atoms with E-state index in [9.17, 15) is 9.59 Å². The predicted molar refractivity (Wildman–Crippen MR) is 82.4 cm³/mol. The zero-order valence-electron chi connectivity index (χ0n) is 13.5. The highest BCUT2D eigenvalue weighted by atomic mass is 16.6. The van der Waals surface area contributed by atoms with Crippen LogP contribution < -0.4 is 5.32 Å². The molecule has 0 spiro atoms. The van der Waals surface area contributed by atoms with E-state index in [2.05, 4.69) is 5.32 Å². The number of carboxylic acid groups (broad SMARTS) is 2. The molecule has 8 heteroatoms. The Morgan fingerprint density at radius 3 is 2.00 bits per heavy atom. The molecule has 132 valence electrons. The Morgan fingerprint density at radius 1 is 1.00 bits per heavy atom. The molecule has 0 aromatic carbocycles. The predicted octanol–water partition coefficient (Wildman–Crippen LogP) is 2.14. The van der Waals surface area contributed by atoms with Crippen LogP contribution in [-0.4, -0.2) is 59.5 Å². The van der Waals surface area contributed by atoms with E-state index in [1.807, 2.05) is 0 Å². The fourth-order valence-electron chi connectivity index (χ4n) is 3.02. The number of hydrogen-bond donors (Lipinski definition) is 3. The van der Waals surface area contributed by atoms with Crippen molar-refractivity contribution in [1.82, 2.24) is 10.2 Å². The number of carbonyl (C=O) groups is 3. The molecule has 1 saturated heterocycles. The molecule has 0 atom stereocenters. The van der Waals surface area contributed by atoms with Gasteiger partial charge < -0.3 is 25.2 Å². The summed E-state index contributed by atoms with van der Waals surface area (Å²) in [7, 11) is 1.39. The first kappa shape index (κ1) is 19.1. The van der Waals surface area contributed by atoms with Crippen molar-refractivity contribution >= 4 is 18.2 Å². The Labute approximate surface area is 135 Å². The smallest absolute Gasteiger partial charge is 0.453 e. The van der Waals surface area contributed by atoms with Crippen molar-refractivity contribution in [3.05, 3.63) is 0 Å². The van der Waals surface area contributed by atoms with Crippen molar-refractivity contribution in [3.8, 4) is 0 Å². The summed E-state index contributed by atoms with van der Waals surface area (Å²) in [6, 6.07) is 0.375. The minimum Gasteiger partial charge on any atom is -0.453 e. The lowest BCUT2D eigenvalue weighted by molar-refractivity contribution is -0.127. The van der Waals surface area contributed by atoms with Crippen LogP contribution in [0.25, 0.3) is 0 Å². The highest BCUT2D eigenvalue weighted by Gasteiger charge is 2.28. The molecule has 2 aliphatic rings. The first-order valence-corrected chi connectivity index (χ1v) is 7.99. The maximum Gasteiger partial charge on any atom is 0.503 e. The van der Waals surface area contributed by atoms with E-state index in [4.69, 9.17) is 19.7 Å². The fraction of sp³-hybridized carbons (Fsp3) is 0.800. The number of hydrogen-bond acceptors (Lipinski definition) is 4. The van der Waals surface area contributed by atoms with Gasteiger partial charge in [-0.2, -0.15) is 0 Å². The van der Waals surface area contributed by atoms with Gasteiger partial charge in [0.05, 0.1) is 7.11 Å². The summed E-state index contributed by atoms with van der Waals surface area (Å²) in [5.74, 6) is 0.235. The van der Waals surface area contributed by atoms with E-state index < -0.39 is 6.16 Å². The van der Waals surface area contributed by atoms with Gasteiger partial charge in [0.25, 0.3) is 0 Å². The Bertz CT molecular complexity index is 397. The number of amides is 2. The highest BCUT2D eigenvalue weighted by Crippen LogP contribution is 2.21. The first-order valence-electron chi connectivity index (χ1n) is 7.99. The molecule has 2 rings (SSSR count). The van der Waals surface area contributed by atoms with E-state index in [1.165, 1.54) is 26.4 Å². The summed E-state index contributed by atoms with van der Waals surface area (Å²) in [5, 5.41) is 17.1. The number of piperidine rings is 1. The van der Waals surface area contributed by atoms with Gasteiger partial charge in [-0.25, -0.2) is 9.59 Å². The van der Waals surface area contributed by atoms with Gasteiger partial charge in [0.1, 0.15) is 0 Å². The second kappa shape index (κ2) is 9.91. The van der Waals surface area contributed by atoms with Crippen molar-refractivity contribution in [2.75, 3.05) is 20.2 Å². The third-order valence-electron chi connectivity index (χ3n) is 4.25. The number of nitrogens with zero attached hydrogens (tertiary/aromatic N) is 1. The fourth-order valence-corrected chi connectivity index (χ4v) is 3.02. The van der Waals surface area contributed by atoms with E-state index in [-0.39, 0.29) is 17.9 Å². The lowest BCUT2D eigenvalue weighted by Crippen LogP contribution is -2.45. The molecular weight excluding hydrogens is 304 g/mol. The Morgan fingerprint density at radius 2 is 1.52 bits per heavy atom. The normalized spacial score (nSPS) is 19.3. The van der Waals surface area contributed by atoms with Crippen molar-refractivity contribution in [2.24, 2.45) is 5.92 Å². The number of nitrogens with one attached hydrogen (secondary N) is 1. The van der Waals surface area contributed by atoms with Gasteiger partial charge in [-0.15, -0.1) is 0 Å². The number of ether oxygens (including phenoxy) is 1. The third-order valence-corrected chi connectivity index (χ3v) is 4.25. The van der Waals surface area contributed by atoms with E-state index in [0.717, 1.165) is 25.7 Å². The second-order valence-electron chi connectivity index (χ2n) is 5.86. The molecule has 0 aromatic rings. The number of likely N-dealkylation sites (tertiary alicyclic amines) is 1. The van der Waals surface area contributed by atoms with Crippen molar-refractivity contribution in [3.63, 3.8) is 0 Å². The van der Waals surface area contributed by atoms with E-state index >= 15 is 0 Å². The summed E-state index contributed by atoms with van der Waals surface area (Å²) >= 11 is 0. The van der Waals surface area contributed by atoms with Gasteiger partial charge in [0.2, 0.25) is 5.91 Å². The molecule has 8 nitrogen and oxygen atoms in total. The van der Waals surface area contributed by atoms with Crippen LogP contribution in [0.1, 0.15) is 44.9 Å². The van der Waals surface area contributed by atoms with Crippen LogP contribution in [0.5, 0.6) is 0 Å². The zero-order chi connectivity index (χ0) is 17.2. The van der Waals surface area contributed by atoms with Crippen molar-refractivity contribution in [1.29, 1.82) is 0 Å². The van der Waals surface area contributed by atoms with Gasteiger partial charge in [-0.05, 0) is 25.7 Å². The van der Waals surface area contributed by atoms with Crippen LogP contribution in [0.4, 0.5) is 9.59 Å². The monoisotopic (exact) mass is 330 g/mol. The van der Waals surface area contributed by atoms with Gasteiger partial charge in [0.15, 0.2) is 0 Å². The number of carbonyl (C=O) groups excluding carboxylic acids is 2. The minimum atomic E-state index is -1.83. The Balaban J connectivity index is 0.000000593. The molecule has 0 unspecified atom stereocenters. The van der Waals surface area contributed by atoms with Gasteiger partial charge >= 0.3 is 12.2 Å². The van der Waals surface area contributed by atoms with Crippen LogP contribution in [0.15, 0.2) is 0 Å². The third kappa shape index (κ3) is 7.21. The van der Waals surface area contributed by atoms with E-state index in [1.54, 1.807) is 4.90 Å². The quantitative estimate of drug-likeness (QED) is 0.714. The van der Waals surface area contributed by atoms with Crippen LogP contribution in [0.3, 0.4) is 0 Å². The maximum absolute atomic E-state index is 12.2. The Hall–Kier alpha value is -1.99. The summed E-state index contributed by atoms with van der Waals surface area (Å²) < 4.78 is 4.69. The van der Waals surface area contributed by atoms with Crippen LogP contribution >= 0.6 is 0 Å². The number of rotatable bonds is 2. The molecule has 3 N–H and O–H groups in total. The molecule has 0 aromatic heterocycles. The molecule has 1 saturated carbocycles. The molecule has 0 bridgehead atoms. The maximum atomic E-state index is 12.2. The molecule has 1 aliphatic heterocycles. The molecule has 1 heterocycles. The zero-order valence-corrected chi connectivity index (χ0v) is 13.5. The molecular formula is C15H26N2O6. The lowest BCUT2D eigenvalue weighted by atomic mass is 9.92. The van der Waals surface area contributed by atoms with Crippen molar-refractivity contribution < 1.29 is 29.3 Å². The van der Waals surface area contributed by atoms with Gasteiger partial charge in [-0.1, -0.05) is 19.3 Å². The Kier molecular flexibility index (Phi) is 8.21. The lowest BCUT2D eigenvalue weighted by Gasteiger charge is -2.31. The second-order valence-corrected chi connectivity index (χ2v) is 5.86. The average molecular weight is 330 g/mol. The van der Waals surface area contributed by atoms with Crippen LogP contribution in [0.2, 0.25) is 0 Å². The standard InChI is InChI=1S/C14H24N2O3.CH2O3/c1-19-14(18)16-9-7-11(8-10-16)13(17)15-12-5-3-2-4-6-12;2-1(3)4/h11-12H,2-10H2,1H3,(H,15,17);(H2,2,3,4). The average Bonchev–Trinajstić information content (AvgIpc) is 2.54. The first-order chi connectivity index (χ1) is 10.9. The van der Waals surface area contributed by atoms with Gasteiger partial charge in [-0.3, -0.25) is 4.79 Å². The van der Waals surface area contributed by atoms with E-state index in [0.29, 0.717) is 19.1 Å². The summed E-state index contributed by atoms with van der Waals surface area (Å²) in [4.78, 5) is 33.8. The number of methoxy groups -OCH3 is 1. The molecule has 2 amide bonds. The van der Waals surface area contributed by atoms with Crippen LogP contribution in [0, 0.1) is 5.92 Å². The molecule has 23 heavy (non-hydrogen) atoms. The topological polar surface area (TPSA) is 116 Å². The summed E-state index contributed by atoms with van der Waals surface area (Å²) in [6.07, 6.45) is 5.36. The largest absolute Gasteiger partial charge is 0.503 e. The highest BCUT2D eigenvalue weighted by molar-refractivity contribution is 5.79. The molecule has 1 aliphatic carbocycles. The SMILES string of the molecule is COC(=O)N1CCC(C(=O)NC2CCCCC2)CC1.O=C(O)O. The van der Waals surface area contributed by atoms with Gasteiger partial charge in [0, 0.05) is 25.0 Å². The van der Waals surface area contributed by atoms with Crippen molar-refractivity contribution in [2.45, 2.75) is 51.0 Å². The van der Waals surface area contributed by atoms with Crippen LogP contribution in [-0.2, 0) is 9.53 Å².